The summed E-state index contributed by atoms with van der Waals surface area (Å²) < 4.78 is 65.4. The summed E-state index contributed by atoms with van der Waals surface area (Å²) in [6.45, 7) is -0.978. The van der Waals surface area contributed by atoms with Crippen LogP contribution in [-0.4, -0.2) is 95.6 Å². The van der Waals surface area contributed by atoms with Crippen molar-refractivity contribution in [2.45, 2.75) is 27.9 Å². The predicted molar refractivity (Wildman–Crippen MR) is 140 cm³/mol. The van der Waals surface area contributed by atoms with E-state index in [0.29, 0.717) is 18.2 Å². The molecule has 3 atom stereocenters. The van der Waals surface area contributed by atoms with Crippen LogP contribution < -0.4 is 21.7 Å². The molecule has 2 aromatic rings. The van der Waals surface area contributed by atoms with Crippen LogP contribution in [0.1, 0.15) is 34.8 Å². The first-order valence-electron chi connectivity index (χ1n) is 11.6. The number of phenols is 2. The van der Waals surface area contributed by atoms with Crippen molar-refractivity contribution >= 4 is 38.1 Å². The summed E-state index contributed by atoms with van der Waals surface area (Å²) in [5, 5.41) is 57.1. The highest BCUT2D eigenvalue weighted by atomic mass is 32.2. The lowest BCUT2D eigenvalue weighted by atomic mass is 9.97. The maximum atomic E-state index is 12.1. The standard InChI is InChI=1S/C22H28N4O14S2/c23-3-4-24-17(21(31)32)13-8-11(42(38,39)40)9-14(19(13)28)18(22(33)34)26-6-5-25-16(20(29)30)12-7-10(41(35,36)37)1-2-15(12)27/h1-2,7-9,16-18,24-28H,3-6,23H2,(H,29,30)(H,31,32)(H,33,34)(H,35,36,37)(H,38,39,40). The Hall–Kier alpha value is -3.89. The summed E-state index contributed by atoms with van der Waals surface area (Å²) in [4.78, 5) is 34.0. The van der Waals surface area contributed by atoms with Gasteiger partial charge in [-0.05, 0) is 30.3 Å². The second-order valence-corrected chi connectivity index (χ2v) is 11.4. The average molecular weight is 637 g/mol. The van der Waals surface area contributed by atoms with E-state index in [0.717, 1.165) is 12.1 Å². The van der Waals surface area contributed by atoms with Gasteiger partial charge in [0.25, 0.3) is 20.2 Å². The van der Waals surface area contributed by atoms with Gasteiger partial charge in [0.2, 0.25) is 0 Å². The minimum atomic E-state index is -5.04. The van der Waals surface area contributed by atoms with Crippen molar-refractivity contribution in [3.8, 4) is 11.5 Å². The molecular weight excluding hydrogens is 608 g/mol. The summed E-state index contributed by atoms with van der Waals surface area (Å²) in [6.07, 6.45) is 0. The maximum Gasteiger partial charge on any atom is 0.325 e. The Balaban J connectivity index is 2.41. The largest absolute Gasteiger partial charge is 0.508 e. The van der Waals surface area contributed by atoms with Gasteiger partial charge in [-0.2, -0.15) is 16.8 Å². The Labute approximate surface area is 238 Å². The van der Waals surface area contributed by atoms with Crippen LogP contribution in [0.5, 0.6) is 11.5 Å². The van der Waals surface area contributed by atoms with Gasteiger partial charge in [0.15, 0.2) is 0 Å². The van der Waals surface area contributed by atoms with E-state index in [9.17, 15) is 65.9 Å². The van der Waals surface area contributed by atoms with Gasteiger partial charge in [-0.1, -0.05) is 0 Å². The minimum absolute atomic E-state index is 0.0586. The number of benzene rings is 2. The van der Waals surface area contributed by atoms with E-state index in [-0.39, 0.29) is 13.1 Å². The summed E-state index contributed by atoms with van der Waals surface area (Å²) in [5.41, 5.74) is 3.63. The van der Waals surface area contributed by atoms with E-state index in [1.807, 2.05) is 0 Å². The van der Waals surface area contributed by atoms with Gasteiger partial charge < -0.3 is 31.3 Å². The molecule has 0 saturated heterocycles. The SMILES string of the molecule is NCCNC(C(=O)O)c1cc(S(=O)(=O)O)cc(C(NCCNC(C(=O)O)c2cc(S(=O)(=O)O)ccc2O)C(=O)O)c1O. The molecule has 0 aromatic heterocycles. The molecule has 0 fully saturated rings. The zero-order chi connectivity index (χ0) is 32.0. The van der Waals surface area contributed by atoms with Crippen LogP contribution in [0.2, 0.25) is 0 Å². The smallest absolute Gasteiger partial charge is 0.325 e. The molecule has 0 aliphatic carbocycles. The number of carboxylic acids is 3. The molecule has 0 bridgehead atoms. The number of aromatic hydroxyl groups is 2. The minimum Gasteiger partial charge on any atom is -0.508 e. The van der Waals surface area contributed by atoms with Gasteiger partial charge in [-0.25, -0.2) is 0 Å². The van der Waals surface area contributed by atoms with Crippen LogP contribution in [0.4, 0.5) is 0 Å². The second kappa shape index (κ2) is 13.8. The number of nitrogens with two attached hydrogens (primary N) is 1. The van der Waals surface area contributed by atoms with Crippen molar-refractivity contribution in [2.75, 3.05) is 26.2 Å². The molecule has 2 rings (SSSR count). The highest BCUT2D eigenvalue weighted by molar-refractivity contribution is 7.86. The fourth-order valence-corrected chi connectivity index (χ4v) is 4.88. The van der Waals surface area contributed by atoms with Gasteiger partial charge in [-0.3, -0.25) is 39.4 Å². The fourth-order valence-electron chi connectivity index (χ4n) is 3.82. The van der Waals surface area contributed by atoms with Crippen LogP contribution in [0.15, 0.2) is 40.1 Å². The van der Waals surface area contributed by atoms with E-state index in [1.54, 1.807) is 0 Å². The number of aliphatic carboxylic acids is 3. The van der Waals surface area contributed by atoms with E-state index >= 15 is 0 Å². The normalized spacial score (nSPS) is 14.2. The Morgan fingerprint density at radius 1 is 0.667 bits per heavy atom. The van der Waals surface area contributed by atoms with E-state index in [2.05, 4.69) is 16.0 Å². The number of rotatable bonds is 16. The highest BCUT2D eigenvalue weighted by Crippen LogP contribution is 2.35. The molecular formula is C22H28N4O14S2. The maximum absolute atomic E-state index is 12.1. The van der Waals surface area contributed by atoms with Crippen molar-refractivity contribution in [3.63, 3.8) is 0 Å². The van der Waals surface area contributed by atoms with Crippen LogP contribution >= 0.6 is 0 Å². The molecule has 2 aromatic carbocycles. The first-order chi connectivity index (χ1) is 19.4. The predicted octanol–water partition coefficient (Wildman–Crippen LogP) is -1.60. The molecule has 18 nitrogen and oxygen atoms in total. The molecule has 0 radical (unpaired) electrons. The number of hydrogen-bond donors (Lipinski definition) is 11. The molecule has 20 heteroatoms. The van der Waals surface area contributed by atoms with E-state index in [1.165, 1.54) is 0 Å². The quantitative estimate of drug-likeness (QED) is 0.0729. The number of phenolic OH excluding ortho intramolecular Hbond substituents is 2. The van der Waals surface area contributed by atoms with Gasteiger partial charge in [0, 0.05) is 42.9 Å². The third-order valence-corrected chi connectivity index (χ3v) is 7.41. The number of hydrogen-bond acceptors (Lipinski definition) is 13. The van der Waals surface area contributed by atoms with Crippen LogP contribution in [0.25, 0.3) is 0 Å². The number of carboxylic acid groups (broad SMARTS) is 3. The Kier molecular flexibility index (Phi) is 11.3. The molecule has 3 unspecified atom stereocenters. The van der Waals surface area contributed by atoms with Crippen LogP contribution in [0.3, 0.4) is 0 Å². The third-order valence-electron chi connectivity index (χ3n) is 5.73. The van der Waals surface area contributed by atoms with Crippen molar-refractivity contribution in [2.24, 2.45) is 5.73 Å². The van der Waals surface area contributed by atoms with Gasteiger partial charge in [0.05, 0.1) is 9.79 Å². The van der Waals surface area contributed by atoms with Crippen LogP contribution in [0, 0.1) is 0 Å². The summed E-state index contributed by atoms with van der Waals surface area (Å²) in [5.74, 6) is -6.47. The highest BCUT2D eigenvalue weighted by Gasteiger charge is 2.32. The topological polar surface area (TPSA) is 323 Å². The first-order valence-corrected chi connectivity index (χ1v) is 14.5. The van der Waals surface area contributed by atoms with E-state index < -0.39 is 107 Å². The third kappa shape index (κ3) is 8.56. The Morgan fingerprint density at radius 3 is 1.43 bits per heavy atom. The molecule has 0 aliphatic heterocycles. The Bertz CT molecular complexity index is 1560. The lowest BCUT2D eigenvalue weighted by Crippen LogP contribution is -2.38. The van der Waals surface area contributed by atoms with Gasteiger partial charge in [-0.15, -0.1) is 0 Å². The average Bonchev–Trinajstić information content (AvgIpc) is 2.86. The van der Waals surface area contributed by atoms with Crippen LogP contribution in [-0.2, 0) is 34.6 Å². The zero-order valence-electron chi connectivity index (χ0n) is 21.3. The lowest BCUT2D eigenvalue weighted by Gasteiger charge is -2.22. The molecule has 42 heavy (non-hydrogen) atoms. The van der Waals surface area contributed by atoms with Crippen molar-refractivity contribution < 1.29 is 65.9 Å². The fraction of sp³-hybridized carbons (Fsp3) is 0.318. The van der Waals surface area contributed by atoms with Gasteiger partial charge in [0.1, 0.15) is 29.6 Å². The second-order valence-electron chi connectivity index (χ2n) is 8.59. The summed E-state index contributed by atoms with van der Waals surface area (Å²) in [6, 6.07) is -1.84. The molecule has 0 heterocycles. The number of carbonyl (C=O) groups is 3. The van der Waals surface area contributed by atoms with Crippen molar-refractivity contribution in [1.82, 2.24) is 16.0 Å². The zero-order valence-corrected chi connectivity index (χ0v) is 23.0. The van der Waals surface area contributed by atoms with Crippen molar-refractivity contribution in [1.29, 1.82) is 0 Å². The molecule has 232 valence electrons. The molecule has 0 spiro atoms. The molecule has 0 aliphatic rings. The van der Waals surface area contributed by atoms with Gasteiger partial charge >= 0.3 is 17.9 Å². The summed E-state index contributed by atoms with van der Waals surface area (Å²) in [7, 11) is -9.80. The monoisotopic (exact) mass is 636 g/mol. The molecule has 0 amide bonds. The molecule has 0 saturated carbocycles. The Morgan fingerprint density at radius 2 is 1.05 bits per heavy atom. The summed E-state index contributed by atoms with van der Waals surface area (Å²) >= 11 is 0. The number of nitrogens with one attached hydrogen (secondary N) is 3. The molecule has 12 N–H and O–H groups in total. The van der Waals surface area contributed by atoms with E-state index in [4.69, 9.17) is 5.73 Å². The lowest BCUT2D eigenvalue weighted by molar-refractivity contribution is -0.141. The van der Waals surface area contributed by atoms with Crippen molar-refractivity contribution in [3.05, 3.63) is 47.0 Å². The first kappa shape index (κ1) is 34.3.